The number of aryl methyl sites for hydroxylation is 1. The maximum atomic E-state index is 12.4. The minimum Gasteiger partial charge on any atom is -0.393 e. The van der Waals surface area contributed by atoms with Crippen molar-refractivity contribution >= 4 is 11.9 Å². The molecule has 8 heteroatoms. The number of H-pyrrole nitrogens is 1. The van der Waals surface area contributed by atoms with Crippen LogP contribution in [0, 0.1) is 5.92 Å². The smallest absolute Gasteiger partial charge is 0.274 e. The number of nitrogens with two attached hydrogens (primary N) is 1. The number of nitrogen functional groups attached to an aromatic ring is 1. The molecule has 0 bridgehead atoms. The average molecular weight is 357 g/mol. The van der Waals surface area contributed by atoms with Crippen LogP contribution in [-0.2, 0) is 17.6 Å². The van der Waals surface area contributed by atoms with Gasteiger partial charge in [-0.15, -0.1) is 10.2 Å². The third-order valence-corrected chi connectivity index (χ3v) is 4.73. The number of hydrogen-bond donors (Lipinski definition) is 4. The molecule has 26 heavy (non-hydrogen) atoms. The Kier molecular flexibility index (Phi) is 5.62. The topological polar surface area (TPSA) is 134 Å². The van der Waals surface area contributed by atoms with Gasteiger partial charge in [0.05, 0.1) is 6.10 Å². The van der Waals surface area contributed by atoms with Gasteiger partial charge in [-0.25, -0.2) is 0 Å². The first-order valence-electron chi connectivity index (χ1n) is 8.74. The summed E-state index contributed by atoms with van der Waals surface area (Å²) in [5.41, 5.74) is 6.26. The molecule has 1 aromatic heterocycles. The first kappa shape index (κ1) is 18.1. The molecule has 1 aliphatic carbocycles. The van der Waals surface area contributed by atoms with Crippen molar-refractivity contribution < 1.29 is 9.90 Å². The van der Waals surface area contributed by atoms with Crippen LogP contribution >= 0.6 is 0 Å². The molecule has 0 spiro atoms. The number of anilines is 1. The maximum absolute atomic E-state index is 12.4. The van der Waals surface area contributed by atoms with E-state index in [1.807, 2.05) is 30.3 Å². The van der Waals surface area contributed by atoms with Crippen LogP contribution in [0.25, 0.3) is 0 Å². The third kappa shape index (κ3) is 4.66. The van der Waals surface area contributed by atoms with Gasteiger partial charge in [0.1, 0.15) is 5.69 Å². The second-order valence-corrected chi connectivity index (χ2v) is 6.74. The van der Waals surface area contributed by atoms with Crippen molar-refractivity contribution in [3.8, 4) is 0 Å². The number of aliphatic hydroxyl groups is 1. The lowest BCUT2D eigenvalue weighted by atomic mass is 9.75. The Balaban J connectivity index is 1.58. The number of aromatic amines is 1. The highest BCUT2D eigenvalue weighted by Gasteiger charge is 2.34. The van der Waals surface area contributed by atoms with E-state index in [4.69, 9.17) is 5.73 Å². The predicted molar refractivity (Wildman–Crippen MR) is 96.2 cm³/mol. The number of nitrogens with one attached hydrogen (secondary N) is 2. The Labute approximate surface area is 150 Å². The van der Waals surface area contributed by atoms with Crippen molar-refractivity contribution in [2.24, 2.45) is 5.92 Å². The van der Waals surface area contributed by atoms with E-state index in [9.17, 15) is 14.7 Å². The molecule has 0 radical (unpaired) electrons. The fourth-order valence-electron chi connectivity index (χ4n) is 3.21. The highest BCUT2D eigenvalue weighted by molar-refractivity contribution is 5.76. The normalized spacial score (nSPS) is 20.2. The molecule has 1 unspecified atom stereocenters. The highest BCUT2D eigenvalue weighted by atomic mass is 16.3. The molecule has 1 amide bonds. The summed E-state index contributed by atoms with van der Waals surface area (Å²) in [6.07, 6.45) is 2.16. The first-order chi connectivity index (χ1) is 12.5. The zero-order valence-corrected chi connectivity index (χ0v) is 14.4. The number of hydrogen-bond acceptors (Lipinski definition) is 6. The van der Waals surface area contributed by atoms with Gasteiger partial charge in [-0.05, 0) is 30.7 Å². The summed E-state index contributed by atoms with van der Waals surface area (Å²) in [5, 5.41) is 20.0. The second kappa shape index (κ2) is 8.09. The van der Waals surface area contributed by atoms with Crippen molar-refractivity contribution in [1.82, 2.24) is 20.5 Å². The standard InChI is InChI=1S/C18H23N5O3/c19-18-21-17(26)14(22-23-18)6-7-16(25)20-15(12-9-13(24)10-12)8-11-4-2-1-3-5-11/h1-5,12-13,15,24H,6-10H2,(H,20,25)(H3,19,21,23,26). The zero-order chi connectivity index (χ0) is 18.5. The molecule has 1 saturated carbocycles. The van der Waals surface area contributed by atoms with Crippen LogP contribution in [0.3, 0.4) is 0 Å². The first-order valence-corrected chi connectivity index (χ1v) is 8.74. The van der Waals surface area contributed by atoms with E-state index in [1.165, 1.54) is 0 Å². The Morgan fingerprint density at radius 1 is 1.31 bits per heavy atom. The van der Waals surface area contributed by atoms with Gasteiger partial charge in [0.15, 0.2) is 0 Å². The number of carbonyl (C=O) groups excluding carboxylic acids is 1. The number of carbonyl (C=O) groups is 1. The molecule has 138 valence electrons. The number of benzene rings is 1. The second-order valence-electron chi connectivity index (χ2n) is 6.74. The van der Waals surface area contributed by atoms with Crippen LogP contribution in [0.5, 0.6) is 0 Å². The Morgan fingerprint density at radius 2 is 2.04 bits per heavy atom. The molecule has 1 fully saturated rings. The molecule has 1 aromatic carbocycles. The van der Waals surface area contributed by atoms with Crippen LogP contribution in [-0.4, -0.2) is 38.3 Å². The lowest BCUT2D eigenvalue weighted by Gasteiger charge is -2.38. The Hall–Kier alpha value is -2.74. The van der Waals surface area contributed by atoms with Gasteiger partial charge < -0.3 is 16.2 Å². The van der Waals surface area contributed by atoms with E-state index >= 15 is 0 Å². The number of amides is 1. The predicted octanol–water partition coefficient (Wildman–Crippen LogP) is 0.178. The monoisotopic (exact) mass is 357 g/mol. The van der Waals surface area contributed by atoms with Crippen molar-refractivity contribution in [1.29, 1.82) is 0 Å². The molecular formula is C18H23N5O3. The van der Waals surface area contributed by atoms with Crippen molar-refractivity contribution in [3.05, 3.63) is 51.9 Å². The zero-order valence-electron chi connectivity index (χ0n) is 14.4. The summed E-state index contributed by atoms with van der Waals surface area (Å²) in [4.78, 5) is 26.4. The van der Waals surface area contributed by atoms with Crippen molar-refractivity contribution in [2.45, 2.75) is 44.2 Å². The molecular weight excluding hydrogens is 334 g/mol. The van der Waals surface area contributed by atoms with Gasteiger partial charge in [-0.3, -0.25) is 14.6 Å². The summed E-state index contributed by atoms with van der Waals surface area (Å²) in [6, 6.07) is 9.90. The largest absolute Gasteiger partial charge is 0.393 e. The summed E-state index contributed by atoms with van der Waals surface area (Å²) in [7, 11) is 0. The van der Waals surface area contributed by atoms with E-state index in [2.05, 4.69) is 20.5 Å². The molecule has 0 saturated heterocycles. The molecule has 5 N–H and O–H groups in total. The van der Waals surface area contributed by atoms with E-state index in [1.54, 1.807) is 0 Å². The average Bonchev–Trinajstić information content (AvgIpc) is 2.58. The molecule has 1 atom stereocenters. The number of nitrogens with zero attached hydrogens (tertiary/aromatic N) is 2. The van der Waals surface area contributed by atoms with E-state index in [-0.39, 0.29) is 48.5 Å². The van der Waals surface area contributed by atoms with E-state index < -0.39 is 5.56 Å². The SMILES string of the molecule is Nc1nnc(CCC(=O)NC(Cc2ccccc2)C2CC(O)C2)c(=O)[nH]1. The maximum Gasteiger partial charge on any atom is 0.274 e. The lowest BCUT2D eigenvalue weighted by molar-refractivity contribution is -0.122. The van der Waals surface area contributed by atoms with Crippen LogP contribution in [0.1, 0.15) is 30.5 Å². The van der Waals surface area contributed by atoms with Crippen LogP contribution in [0.15, 0.2) is 35.1 Å². The molecule has 3 rings (SSSR count). The Morgan fingerprint density at radius 3 is 2.69 bits per heavy atom. The van der Waals surface area contributed by atoms with E-state index in [0.717, 1.165) is 5.56 Å². The summed E-state index contributed by atoms with van der Waals surface area (Å²) in [5.74, 6) is 0.0638. The quantitative estimate of drug-likeness (QED) is 0.558. The van der Waals surface area contributed by atoms with Gasteiger partial charge >= 0.3 is 0 Å². The molecule has 0 aliphatic heterocycles. The van der Waals surface area contributed by atoms with Gasteiger partial charge in [0.2, 0.25) is 11.9 Å². The fourth-order valence-corrected chi connectivity index (χ4v) is 3.21. The van der Waals surface area contributed by atoms with Gasteiger partial charge in [-0.2, -0.15) is 0 Å². The highest BCUT2D eigenvalue weighted by Crippen LogP contribution is 2.31. The molecule has 2 aromatic rings. The summed E-state index contributed by atoms with van der Waals surface area (Å²) >= 11 is 0. The number of aliphatic hydroxyl groups excluding tert-OH is 1. The van der Waals surface area contributed by atoms with Crippen molar-refractivity contribution in [3.63, 3.8) is 0 Å². The van der Waals surface area contributed by atoms with Gasteiger partial charge in [0, 0.05) is 18.9 Å². The van der Waals surface area contributed by atoms with Crippen molar-refractivity contribution in [2.75, 3.05) is 5.73 Å². The van der Waals surface area contributed by atoms with Gasteiger partial charge in [-0.1, -0.05) is 30.3 Å². The Bertz CT molecular complexity index is 802. The molecule has 1 heterocycles. The van der Waals surface area contributed by atoms with Crippen LogP contribution in [0.2, 0.25) is 0 Å². The van der Waals surface area contributed by atoms with Gasteiger partial charge in [0.25, 0.3) is 5.56 Å². The number of aromatic nitrogens is 3. The van der Waals surface area contributed by atoms with Crippen LogP contribution < -0.4 is 16.6 Å². The van der Waals surface area contributed by atoms with E-state index in [0.29, 0.717) is 19.3 Å². The third-order valence-electron chi connectivity index (χ3n) is 4.73. The van der Waals surface area contributed by atoms with Crippen LogP contribution in [0.4, 0.5) is 5.95 Å². The number of rotatable bonds is 7. The molecule has 8 nitrogen and oxygen atoms in total. The molecule has 1 aliphatic rings. The summed E-state index contributed by atoms with van der Waals surface area (Å²) in [6.45, 7) is 0. The minimum absolute atomic E-state index is 0.0379. The fraction of sp³-hybridized carbons (Fsp3) is 0.444. The lowest BCUT2D eigenvalue weighted by Crippen LogP contribution is -2.48. The summed E-state index contributed by atoms with van der Waals surface area (Å²) < 4.78 is 0. The minimum atomic E-state index is -0.423.